The molecule has 2 rings (SSSR count). The second-order valence-electron chi connectivity index (χ2n) is 6.70. The molecule has 0 spiro atoms. The van der Waals surface area contributed by atoms with Gasteiger partial charge in [-0.1, -0.05) is 64.1 Å². The van der Waals surface area contributed by atoms with Crippen molar-refractivity contribution in [3.8, 4) is 0 Å². The zero-order chi connectivity index (χ0) is 16.7. The molecule has 0 aliphatic carbocycles. The third kappa shape index (κ3) is 6.73. The van der Waals surface area contributed by atoms with Gasteiger partial charge >= 0.3 is 0 Å². The first-order valence-corrected chi connectivity index (χ1v) is 16.7. The van der Waals surface area contributed by atoms with Crippen molar-refractivity contribution >= 4 is 0 Å². The Morgan fingerprint density at radius 3 is 1.26 bits per heavy atom. The fourth-order valence-corrected chi connectivity index (χ4v) is 25.8. The molecule has 2 radical (unpaired) electrons. The van der Waals surface area contributed by atoms with Crippen molar-refractivity contribution in [2.24, 2.45) is 11.8 Å². The molecule has 0 fully saturated rings. The van der Waals surface area contributed by atoms with Crippen molar-refractivity contribution in [3.05, 3.63) is 67.8 Å². The Labute approximate surface area is 157 Å². The summed E-state index contributed by atoms with van der Waals surface area (Å²) in [6, 6.07) is 22.9. The van der Waals surface area contributed by atoms with Gasteiger partial charge in [-0.3, -0.25) is 0 Å². The van der Waals surface area contributed by atoms with Crippen LogP contribution in [0.5, 0.6) is 0 Å². The number of hydrogen-bond acceptors (Lipinski definition) is 0. The third-order valence-corrected chi connectivity index (χ3v) is 24.7. The maximum absolute atomic E-state index is 2.40. The largest absolute Gasteiger partial charge is 0.258 e. The summed E-state index contributed by atoms with van der Waals surface area (Å²) in [6.07, 6.45) is 0. The monoisotopic (exact) mass is 536 g/mol. The lowest BCUT2D eigenvalue weighted by atomic mass is 10.3. The van der Waals surface area contributed by atoms with Crippen LogP contribution in [0, 0.1) is 19.0 Å². The molecule has 126 valence electrons. The minimum Gasteiger partial charge on any atom is -0.0620 e. The highest BCUT2D eigenvalue weighted by molar-refractivity contribution is 5.00. The molecule has 0 N–H and O–H groups in total. The molecule has 2 aromatic rings. The minimum absolute atomic E-state index is 0.827. The van der Waals surface area contributed by atoms with Crippen LogP contribution in [0.2, 0.25) is 0 Å². The molecule has 0 heterocycles. The summed E-state index contributed by atoms with van der Waals surface area (Å²) in [5.41, 5.74) is 0. The van der Waals surface area contributed by atoms with Gasteiger partial charge in [0, 0.05) is 0 Å². The molecule has 0 aromatic heterocycles. The first-order chi connectivity index (χ1) is 11.1. The number of rotatable bonds is 8. The summed E-state index contributed by atoms with van der Waals surface area (Å²) in [7, 11) is 0. The Morgan fingerprint density at radius 1 is 0.609 bits per heavy atom. The van der Waals surface area contributed by atoms with Gasteiger partial charge in [0.2, 0.25) is 0 Å². The fraction of sp³-hybridized carbons (Fsp3) is 0.429. The average Bonchev–Trinajstić information content (AvgIpc) is 2.54. The van der Waals surface area contributed by atoms with Crippen LogP contribution < -0.4 is 39.6 Å². The molecular formula is C21H30I2+2. The number of halogens is 2. The topological polar surface area (TPSA) is 0 Å². The number of hydrogen-bond donors (Lipinski definition) is 0. The van der Waals surface area contributed by atoms with Gasteiger partial charge in [0.25, 0.3) is 2.43 Å². The predicted molar refractivity (Wildman–Crippen MR) is 94.6 cm³/mol. The van der Waals surface area contributed by atoms with E-state index < -0.39 is 39.6 Å². The molecule has 0 bridgehead atoms. The third-order valence-electron chi connectivity index (χ3n) is 3.32. The van der Waals surface area contributed by atoms with Gasteiger partial charge < -0.3 is 0 Å². The summed E-state index contributed by atoms with van der Waals surface area (Å²) in [5.74, 6) is 1.65. The average molecular weight is 536 g/mol. The summed E-state index contributed by atoms with van der Waals surface area (Å²) < 4.78 is 7.90. The molecule has 0 saturated heterocycles. The molecule has 0 amide bonds. The van der Waals surface area contributed by atoms with E-state index in [1.165, 1.54) is 8.86 Å². The SMILES string of the molecule is CC(C)C[I+](C[I+](CC(C)C)c1ccccc1)c1ccccc1. The Balaban J connectivity index is 2.22. The molecule has 0 aliphatic rings. The van der Waals surface area contributed by atoms with Crippen LogP contribution in [0.1, 0.15) is 27.7 Å². The quantitative estimate of drug-likeness (QED) is 0.308. The van der Waals surface area contributed by atoms with E-state index in [1.807, 2.05) is 0 Å². The molecular weight excluding hydrogens is 506 g/mol. The number of alkyl halides is 4. The van der Waals surface area contributed by atoms with Crippen molar-refractivity contribution in [1.82, 2.24) is 0 Å². The molecule has 2 heteroatoms. The van der Waals surface area contributed by atoms with Gasteiger partial charge in [0.1, 0.15) is 55.6 Å². The van der Waals surface area contributed by atoms with Crippen LogP contribution in [0.4, 0.5) is 0 Å². The normalized spacial score (nSPS) is 11.8. The standard InChI is InChI=1S/C21H30I2/c1-18(2)15-22(20-11-7-5-8-12-20)17-23(16-19(3)4)21-13-9-6-10-14-21/h5-14,18-19H,15-17H2,1-4H3/q+2. The molecule has 0 saturated carbocycles. The molecule has 2 aromatic carbocycles. The fourth-order valence-electron chi connectivity index (χ4n) is 2.46. The summed E-state index contributed by atoms with van der Waals surface area (Å²) in [5, 5.41) is 0. The van der Waals surface area contributed by atoms with E-state index in [0.29, 0.717) is 0 Å². The zero-order valence-electron chi connectivity index (χ0n) is 14.8. The van der Waals surface area contributed by atoms with E-state index in [4.69, 9.17) is 0 Å². The van der Waals surface area contributed by atoms with E-state index in [-0.39, 0.29) is 0 Å². The van der Waals surface area contributed by atoms with Gasteiger partial charge in [-0.15, -0.1) is 0 Å². The minimum atomic E-state index is -1.07. The molecule has 0 unspecified atom stereocenters. The molecule has 0 nitrogen and oxygen atoms in total. The van der Waals surface area contributed by atoms with Crippen molar-refractivity contribution < 1.29 is 39.6 Å². The first kappa shape index (κ1) is 19.2. The summed E-state index contributed by atoms with van der Waals surface area (Å²) in [4.78, 5) is 0. The van der Waals surface area contributed by atoms with E-state index in [9.17, 15) is 0 Å². The first-order valence-electron chi connectivity index (χ1n) is 8.39. The summed E-state index contributed by atoms with van der Waals surface area (Å²) in [6.45, 7) is 9.60. The maximum Gasteiger partial charge on any atom is 0.258 e. The Hall–Kier alpha value is -0.1000. The molecule has 23 heavy (non-hydrogen) atoms. The lowest BCUT2D eigenvalue weighted by molar-refractivity contribution is -1.07. The molecule has 0 atom stereocenters. The smallest absolute Gasteiger partial charge is 0.0620 e. The highest BCUT2D eigenvalue weighted by atomic mass is 127. The Morgan fingerprint density at radius 2 is 0.957 bits per heavy atom. The second kappa shape index (κ2) is 10.0. The molecule has 0 aliphatic heterocycles. The highest BCUT2D eigenvalue weighted by Crippen LogP contribution is 1.87. The van der Waals surface area contributed by atoms with E-state index >= 15 is 0 Å². The number of benzene rings is 2. The van der Waals surface area contributed by atoms with Crippen molar-refractivity contribution in [3.63, 3.8) is 0 Å². The second-order valence-corrected chi connectivity index (χ2v) is 20.6. The Kier molecular flexibility index (Phi) is 8.38. The lowest BCUT2D eigenvalue weighted by Gasteiger charge is -2.12. The maximum atomic E-state index is 2.40. The van der Waals surface area contributed by atoms with E-state index in [1.54, 1.807) is 9.57 Å². The van der Waals surface area contributed by atoms with E-state index in [2.05, 4.69) is 88.4 Å². The van der Waals surface area contributed by atoms with Crippen LogP contribution in [0.25, 0.3) is 0 Å². The van der Waals surface area contributed by atoms with Crippen molar-refractivity contribution in [2.45, 2.75) is 27.7 Å². The summed E-state index contributed by atoms with van der Waals surface area (Å²) >= 11 is -2.14. The van der Waals surface area contributed by atoms with Crippen LogP contribution >= 0.6 is 0 Å². The Bertz CT molecular complexity index is 497. The van der Waals surface area contributed by atoms with Crippen LogP contribution in [-0.2, 0) is 0 Å². The van der Waals surface area contributed by atoms with Gasteiger partial charge in [0.05, 0.1) is 0 Å². The van der Waals surface area contributed by atoms with Gasteiger partial charge in [-0.2, -0.15) is 0 Å². The van der Waals surface area contributed by atoms with Crippen LogP contribution in [0.15, 0.2) is 60.7 Å². The predicted octanol–water partition coefficient (Wildman–Crippen LogP) is -0.755. The van der Waals surface area contributed by atoms with Crippen molar-refractivity contribution in [1.29, 1.82) is 0 Å². The zero-order valence-corrected chi connectivity index (χ0v) is 19.1. The highest BCUT2D eigenvalue weighted by Gasteiger charge is 2.37. The van der Waals surface area contributed by atoms with Gasteiger partial charge in [0.15, 0.2) is 0 Å². The van der Waals surface area contributed by atoms with Gasteiger partial charge in [-0.05, 0) is 36.1 Å². The van der Waals surface area contributed by atoms with E-state index in [0.717, 1.165) is 11.8 Å². The van der Waals surface area contributed by atoms with Crippen LogP contribution in [-0.4, -0.2) is 11.3 Å². The van der Waals surface area contributed by atoms with Crippen molar-refractivity contribution in [2.75, 3.05) is 11.3 Å². The van der Waals surface area contributed by atoms with Crippen LogP contribution in [0.3, 0.4) is 0 Å². The van der Waals surface area contributed by atoms with Gasteiger partial charge in [-0.25, -0.2) is 0 Å². The lowest BCUT2D eigenvalue weighted by Crippen LogP contribution is -4.06.